The summed E-state index contributed by atoms with van der Waals surface area (Å²) in [6, 6.07) is 2.21. The van der Waals surface area contributed by atoms with Crippen molar-refractivity contribution in [1.29, 1.82) is 0 Å². The SMILES string of the molecule is CCCCCCCCCCCCCCCCCC(C)N(C(C)CCCCCCCCCCCCCCCCC)C(C)CCCCCCCCCCCCCCCCC.O. The molecule has 2 heteroatoms. The predicted octanol–water partition coefficient (Wildman–Crippen LogP) is 20.4. The van der Waals surface area contributed by atoms with Crippen LogP contribution < -0.4 is 0 Å². The van der Waals surface area contributed by atoms with Crippen LogP contribution in [0.15, 0.2) is 0 Å². The molecule has 0 aliphatic rings. The third-order valence-corrected chi connectivity index (χ3v) is 14.2. The maximum absolute atomic E-state index is 3.01. The molecule has 0 aliphatic heterocycles. The Morgan fingerprint density at radius 1 is 0.203 bits per heavy atom. The Hall–Kier alpha value is -0.0800. The molecule has 0 bridgehead atoms. The van der Waals surface area contributed by atoms with Crippen LogP contribution in [0.2, 0.25) is 0 Å². The minimum Gasteiger partial charge on any atom is -0.412 e. The Balaban J connectivity index is 0. The molecule has 0 saturated heterocycles. The molecule has 358 valence electrons. The molecule has 0 heterocycles. The lowest BCUT2D eigenvalue weighted by Gasteiger charge is -2.40. The summed E-state index contributed by atoms with van der Waals surface area (Å²) in [5, 5.41) is 0. The lowest BCUT2D eigenvalue weighted by molar-refractivity contribution is 0.0834. The second-order valence-electron chi connectivity index (χ2n) is 20.2. The first-order chi connectivity index (χ1) is 28.6. The highest BCUT2D eigenvalue weighted by Gasteiger charge is 2.24. The summed E-state index contributed by atoms with van der Waals surface area (Å²) in [5.74, 6) is 0. The van der Waals surface area contributed by atoms with Crippen molar-refractivity contribution in [3.8, 4) is 0 Å². The number of hydrogen-bond acceptors (Lipinski definition) is 1. The highest BCUT2D eigenvalue weighted by atomic mass is 16.0. The van der Waals surface area contributed by atoms with Gasteiger partial charge < -0.3 is 5.48 Å². The van der Waals surface area contributed by atoms with Crippen LogP contribution in [0, 0.1) is 0 Å². The lowest BCUT2D eigenvalue weighted by atomic mass is 9.97. The maximum Gasteiger partial charge on any atom is 0.00725 e. The number of hydrogen-bond donors (Lipinski definition) is 0. The molecule has 2 N–H and O–H groups in total. The van der Waals surface area contributed by atoms with Gasteiger partial charge in [-0.2, -0.15) is 0 Å². The second-order valence-corrected chi connectivity index (χ2v) is 20.2. The first kappa shape index (κ1) is 61.0. The van der Waals surface area contributed by atoms with E-state index in [4.69, 9.17) is 0 Å². The zero-order valence-corrected chi connectivity index (χ0v) is 42.6. The molecule has 59 heavy (non-hydrogen) atoms. The third kappa shape index (κ3) is 45.7. The Bertz CT molecular complexity index is 628. The molecule has 3 unspecified atom stereocenters. The highest BCUT2D eigenvalue weighted by Crippen LogP contribution is 2.25. The molecule has 0 aromatic carbocycles. The average molecular weight is 835 g/mol. The fourth-order valence-electron chi connectivity index (χ4n) is 10.2. The van der Waals surface area contributed by atoms with Crippen molar-refractivity contribution in [2.45, 2.75) is 368 Å². The Morgan fingerprint density at radius 2 is 0.322 bits per heavy atom. The smallest absolute Gasteiger partial charge is 0.00725 e. The summed E-state index contributed by atoms with van der Waals surface area (Å²) in [7, 11) is 0. The predicted molar refractivity (Wildman–Crippen MR) is 272 cm³/mol. The molecule has 2 nitrogen and oxygen atoms in total. The van der Waals surface area contributed by atoms with Gasteiger partial charge >= 0.3 is 0 Å². The average Bonchev–Trinajstić information content (AvgIpc) is 3.22. The fraction of sp³-hybridized carbons (Fsp3) is 1.00. The largest absolute Gasteiger partial charge is 0.412 e. The number of nitrogens with zero attached hydrogens (tertiary/aromatic N) is 1. The van der Waals surface area contributed by atoms with Gasteiger partial charge in [-0.25, -0.2) is 0 Å². The second kappa shape index (κ2) is 52.3. The fourth-order valence-corrected chi connectivity index (χ4v) is 10.2. The zero-order valence-electron chi connectivity index (χ0n) is 42.6. The van der Waals surface area contributed by atoms with E-state index in [1.165, 1.54) is 308 Å². The quantitative estimate of drug-likeness (QED) is 0.0562. The standard InChI is InChI=1S/C57H117N.H2O/c1-7-10-13-16-19-22-25-28-31-34-37-40-43-46-49-52-55(4)58(56(5)53-50-47-44-41-38-35-32-29-26-23-20-17-14-11-8-2)57(6)54-51-48-45-42-39-36-33-30-27-24-21-18-15-12-9-3;/h55-57H,7-54H2,1-6H3;1H2. The van der Waals surface area contributed by atoms with Crippen LogP contribution in [0.1, 0.15) is 350 Å². The van der Waals surface area contributed by atoms with Gasteiger partial charge in [0.1, 0.15) is 0 Å². The van der Waals surface area contributed by atoms with E-state index in [-0.39, 0.29) is 5.48 Å². The summed E-state index contributed by atoms with van der Waals surface area (Å²) in [5.41, 5.74) is 0. The van der Waals surface area contributed by atoms with Crippen LogP contribution >= 0.6 is 0 Å². The zero-order chi connectivity index (χ0) is 42.3. The minimum atomic E-state index is 0. The first-order valence-corrected chi connectivity index (χ1v) is 28.4. The van der Waals surface area contributed by atoms with Crippen LogP contribution in [-0.2, 0) is 0 Å². The molecular formula is C57H119NO. The summed E-state index contributed by atoms with van der Waals surface area (Å²) in [6.07, 6.45) is 70.0. The molecule has 0 radical (unpaired) electrons. The van der Waals surface area contributed by atoms with Crippen molar-refractivity contribution in [3.63, 3.8) is 0 Å². The Labute approximate surface area is 376 Å². The van der Waals surface area contributed by atoms with Gasteiger partial charge in [0.15, 0.2) is 0 Å². The Morgan fingerprint density at radius 3 is 0.458 bits per heavy atom. The molecular weight excluding hydrogens is 715 g/mol. The molecule has 0 rings (SSSR count). The molecule has 0 spiro atoms. The van der Waals surface area contributed by atoms with Gasteiger partial charge in [-0.05, 0) is 40.0 Å². The van der Waals surface area contributed by atoms with Crippen molar-refractivity contribution < 1.29 is 5.48 Å². The van der Waals surface area contributed by atoms with Crippen LogP contribution in [0.5, 0.6) is 0 Å². The topological polar surface area (TPSA) is 34.7 Å². The van der Waals surface area contributed by atoms with Gasteiger partial charge in [0.2, 0.25) is 0 Å². The lowest BCUT2D eigenvalue weighted by Crippen LogP contribution is -2.46. The summed E-state index contributed by atoms with van der Waals surface area (Å²) in [4.78, 5) is 3.01. The van der Waals surface area contributed by atoms with Gasteiger partial charge in [0.05, 0.1) is 0 Å². The van der Waals surface area contributed by atoms with E-state index in [9.17, 15) is 0 Å². The van der Waals surface area contributed by atoms with E-state index < -0.39 is 0 Å². The summed E-state index contributed by atoms with van der Waals surface area (Å²) >= 11 is 0. The minimum absolute atomic E-state index is 0. The molecule has 0 aromatic heterocycles. The van der Waals surface area contributed by atoms with Gasteiger partial charge in [0, 0.05) is 18.1 Å². The molecule has 3 atom stereocenters. The van der Waals surface area contributed by atoms with Gasteiger partial charge in [-0.15, -0.1) is 0 Å². The van der Waals surface area contributed by atoms with E-state index >= 15 is 0 Å². The van der Waals surface area contributed by atoms with Gasteiger partial charge in [-0.1, -0.05) is 310 Å². The monoisotopic (exact) mass is 834 g/mol. The number of unbranched alkanes of at least 4 members (excludes halogenated alkanes) is 42. The first-order valence-electron chi connectivity index (χ1n) is 28.4. The highest BCUT2D eigenvalue weighted by molar-refractivity contribution is 4.80. The Kier molecular flexibility index (Phi) is 54.0. The van der Waals surface area contributed by atoms with E-state index in [2.05, 4.69) is 46.4 Å². The van der Waals surface area contributed by atoms with Crippen molar-refractivity contribution in [1.82, 2.24) is 4.90 Å². The number of rotatable bonds is 51. The molecule has 0 fully saturated rings. The normalized spacial score (nSPS) is 13.3. The van der Waals surface area contributed by atoms with E-state index in [0.29, 0.717) is 0 Å². The van der Waals surface area contributed by atoms with Gasteiger partial charge in [-0.3, -0.25) is 4.90 Å². The maximum atomic E-state index is 3.01. The van der Waals surface area contributed by atoms with Crippen molar-refractivity contribution in [2.75, 3.05) is 0 Å². The van der Waals surface area contributed by atoms with Crippen molar-refractivity contribution >= 4 is 0 Å². The third-order valence-electron chi connectivity index (χ3n) is 14.2. The summed E-state index contributed by atoms with van der Waals surface area (Å²) < 4.78 is 0. The van der Waals surface area contributed by atoms with Crippen molar-refractivity contribution in [3.05, 3.63) is 0 Å². The van der Waals surface area contributed by atoms with Crippen LogP contribution in [-0.4, -0.2) is 28.5 Å². The van der Waals surface area contributed by atoms with E-state index in [1.54, 1.807) is 0 Å². The van der Waals surface area contributed by atoms with Crippen LogP contribution in [0.4, 0.5) is 0 Å². The van der Waals surface area contributed by atoms with Gasteiger partial charge in [0.25, 0.3) is 0 Å². The molecule has 0 amide bonds. The van der Waals surface area contributed by atoms with Crippen LogP contribution in [0.3, 0.4) is 0 Å². The van der Waals surface area contributed by atoms with E-state index in [0.717, 1.165) is 18.1 Å². The van der Waals surface area contributed by atoms with Crippen LogP contribution in [0.25, 0.3) is 0 Å². The molecule has 0 aliphatic carbocycles. The summed E-state index contributed by atoms with van der Waals surface area (Å²) in [6.45, 7) is 14.7. The van der Waals surface area contributed by atoms with E-state index in [1.807, 2.05) is 0 Å². The molecule has 0 aromatic rings. The van der Waals surface area contributed by atoms with Crippen molar-refractivity contribution in [2.24, 2.45) is 0 Å². The molecule has 0 saturated carbocycles.